The van der Waals surface area contributed by atoms with E-state index in [0.717, 1.165) is 12.3 Å². The molecule has 1 aromatic carbocycles. The van der Waals surface area contributed by atoms with Gasteiger partial charge in [0.2, 0.25) is 0 Å². The lowest BCUT2D eigenvalue weighted by molar-refractivity contribution is 0.414. The molecule has 0 fully saturated rings. The smallest absolute Gasteiger partial charge is 0.118 e. The molecule has 0 radical (unpaired) electrons. The molecule has 2 aromatic heterocycles. The molecule has 3 nitrogen and oxygen atoms in total. The van der Waals surface area contributed by atoms with Crippen molar-refractivity contribution in [1.29, 1.82) is 0 Å². The number of ether oxygens (including phenoxy) is 1. The summed E-state index contributed by atoms with van der Waals surface area (Å²) in [5.74, 6) is 0.891. The fraction of sp³-hybridized carbons (Fsp3) is 0.176. The average Bonchev–Trinajstić information content (AvgIpc) is 3.15. The predicted octanol–water partition coefficient (Wildman–Crippen LogP) is 3.74. The third kappa shape index (κ3) is 2.07. The molecule has 1 aliphatic heterocycles. The Bertz CT molecular complexity index is 757. The van der Waals surface area contributed by atoms with E-state index in [0.29, 0.717) is 0 Å². The van der Waals surface area contributed by atoms with Crippen LogP contribution in [-0.4, -0.2) is 11.7 Å². The van der Waals surface area contributed by atoms with Crippen molar-refractivity contribution in [2.75, 3.05) is 7.11 Å². The fourth-order valence-corrected chi connectivity index (χ4v) is 3.73. The fourth-order valence-electron chi connectivity index (χ4n) is 2.91. The van der Waals surface area contributed by atoms with Gasteiger partial charge in [-0.05, 0) is 41.3 Å². The van der Waals surface area contributed by atoms with Crippen molar-refractivity contribution in [2.24, 2.45) is 0 Å². The monoisotopic (exact) mass is 296 g/mol. The van der Waals surface area contributed by atoms with Crippen LogP contribution in [0, 0.1) is 0 Å². The Morgan fingerprint density at radius 2 is 2.05 bits per heavy atom. The van der Waals surface area contributed by atoms with Gasteiger partial charge in [0.1, 0.15) is 5.75 Å². The summed E-state index contributed by atoms with van der Waals surface area (Å²) in [5.41, 5.74) is 3.83. The Morgan fingerprint density at radius 3 is 2.86 bits per heavy atom. The summed E-state index contributed by atoms with van der Waals surface area (Å²) in [6.45, 7) is 0.894. The zero-order valence-corrected chi connectivity index (χ0v) is 12.6. The first-order valence-electron chi connectivity index (χ1n) is 6.98. The topological polar surface area (TPSA) is 26.2 Å². The average molecular weight is 296 g/mol. The largest absolute Gasteiger partial charge is 0.497 e. The van der Waals surface area contributed by atoms with Crippen LogP contribution in [-0.2, 0) is 6.54 Å². The highest BCUT2D eigenvalue weighted by Crippen LogP contribution is 2.33. The molecule has 0 saturated carbocycles. The van der Waals surface area contributed by atoms with Crippen molar-refractivity contribution in [3.8, 4) is 11.4 Å². The molecule has 0 saturated heterocycles. The standard InChI is InChI=1S/C17H16N2OS/c1-20-13-6-4-12(5-7-13)17-15-3-2-9-19(15)14-8-10-21-16(14)11-18-17/h2-10,17-18H,11H2,1H3. The second-order valence-corrected chi connectivity index (χ2v) is 6.12. The molecule has 0 bridgehead atoms. The van der Waals surface area contributed by atoms with Crippen LogP contribution >= 0.6 is 11.3 Å². The zero-order valence-electron chi connectivity index (χ0n) is 11.7. The maximum absolute atomic E-state index is 5.25. The van der Waals surface area contributed by atoms with Gasteiger partial charge in [0, 0.05) is 23.3 Å². The molecule has 0 spiro atoms. The first-order chi connectivity index (χ1) is 10.4. The highest BCUT2D eigenvalue weighted by Gasteiger charge is 2.23. The Hall–Kier alpha value is -2.04. The summed E-state index contributed by atoms with van der Waals surface area (Å²) < 4.78 is 7.54. The molecule has 1 atom stereocenters. The van der Waals surface area contributed by atoms with Crippen molar-refractivity contribution in [2.45, 2.75) is 12.6 Å². The van der Waals surface area contributed by atoms with Gasteiger partial charge in [-0.3, -0.25) is 5.32 Å². The molecule has 1 unspecified atom stereocenters. The lowest BCUT2D eigenvalue weighted by Gasteiger charge is -2.18. The minimum absolute atomic E-state index is 0.200. The third-order valence-corrected chi connectivity index (χ3v) is 4.88. The molecule has 0 amide bonds. The van der Waals surface area contributed by atoms with Crippen LogP contribution in [0.2, 0.25) is 0 Å². The van der Waals surface area contributed by atoms with Gasteiger partial charge in [0.15, 0.2) is 0 Å². The first-order valence-corrected chi connectivity index (χ1v) is 7.86. The van der Waals surface area contributed by atoms with Gasteiger partial charge in [0.25, 0.3) is 0 Å². The van der Waals surface area contributed by atoms with Gasteiger partial charge in [-0.25, -0.2) is 0 Å². The van der Waals surface area contributed by atoms with Crippen LogP contribution in [0.1, 0.15) is 22.2 Å². The molecule has 3 heterocycles. The van der Waals surface area contributed by atoms with E-state index in [1.165, 1.54) is 21.8 Å². The molecule has 21 heavy (non-hydrogen) atoms. The van der Waals surface area contributed by atoms with Gasteiger partial charge in [0.05, 0.1) is 18.8 Å². The number of rotatable bonds is 2. The molecule has 4 heteroatoms. The summed E-state index contributed by atoms with van der Waals surface area (Å²) in [6.07, 6.45) is 2.14. The van der Waals surface area contributed by atoms with Gasteiger partial charge in [-0.1, -0.05) is 12.1 Å². The minimum Gasteiger partial charge on any atom is -0.497 e. The maximum Gasteiger partial charge on any atom is 0.118 e. The van der Waals surface area contributed by atoms with Crippen molar-refractivity contribution in [1.82, 2.24) is 9.88 Å². The number of thiophene rings is 1. The summed E-state index contributed by atoms with van der Waals surface area (Å²) in [6, 6.07) is 15.0. The van der Waals surface area contributed by atoms with E-state index in [-0.39, 0.29) is 6.04 Å². The summed E-state index contributed by atoms with van der Waals surface area (Å²) in [7, 11) is 1.70. The molecule has 4 rings (SSSR count). The van der Waals surface area contributed by atoms with E-state index >= 15 is 0 Å². The number of aromatic nitrogens is 1. The number of nitrogens with zero attached hydrogens (tertiary/aromatic N) is 1. The maximum atomic E-state index is 5.25. The molecule has 0 aliphatic carbocycles. The van der Waals surface area contributed by atoms with Crippen LogP contribution in [0.4, 0.5) is 0 Å². The Labute approximate surface area is 127 Å². The molecule has 1 aliphatic rings. The van der Waals surface area contributed by atoms with E-state index in [1.54, 1.807) is 18.4 Å². The molecular formula is C17H16N2OS. The normalized spacial score (nSPS) is 16.9. The number of benzene rings is 1. The van der Waals surface area contributed by atoms with E-state index in [9.17, 15) is 0 Å². The Balaban J connectivity index is 1.79. The van der Waals surface area contributed by atoms with Crippen molar-refractivity contribution >= 4 is 11.3 Å². The molecular weight excluding hydrogens is 280 g/mol. The van der Waals surface area contributed by atoms with Crippen molar-refractivity contribution < 1.29 is 4.74 Å². The van der Waals surface area contributed by atoms with Crippen molar-refractivity contribution in [3.63, 3.8) is 0 Å². The van der Waals surface area contributed by atoms with Gasteiger partial charge >= 0.3 is 0 Å². The second kappa shape index (κ2) is 5.06. The minimum atomic E-state index is 0.200. The third-order valence-electron chi connectivity index (χ3n) is 3.97. The highest BCUT2D eigenvalue weighted by atomic mass is 32.1. The molecule has 106 valence electrons. The quantitative estimate of drug-likeness (QED) is 0.779. The predicted molar refractivity (Wildman–Crippen MR) is 85.3 cm³/mol. The number of nitrogens with one attached hydrogen (secondary N) is 1. The van der Waals surface area contributed by atoms with Gasteiger partial charge in [-0.15, -0.1) is 11.3 Å². The second-order valence-electron chi connectivity index (χ2n) is 5.12. The first kappa shape index (κ1) is 12.7. The number of hydrogen-bond donors (Lipinski definition) is 1. The molecule has 3 aromatic rings. The zero-order chi connectivity index (χ0) is 14.2. The summed E-state index contributed by atoms with van der Waals surface area (Å²) in [4.78, 5) is 1.38. The van der Waals surface area contributed by atoms with Crippen LogP contribution in [0.25, 0.3) is 5.69 Å². The van der Waals surface area contributed by atoms with Gasteiger partial charge in [-0.2, -0.15) is 0 Å². The molecule has 1 N–H and O–H groups in total. The van der Waals surface area contributed by atoms with Gasteiger partial charge < -0.3 is 9.30 Å². The lowest BCUT2D eigenvalue weighted by Crippen LogP contribution is -2.21. The number of hydrogen-bond acceptors (Lipinski definition) is 3. The van der Waals surface area contributed by atoms with Crippen molar-refractivity contribution in [3.05, 3.63) is 70.2 Å². The number of fused-ring (bicyclic) bond motifs is 3. The number of methoxy groups -OCH3 is 1. The Morgan fingerprint density at radius 1 is 1.19 bits per heavy atom. The lowest BCUT2D eigenvalue weighted by atomic mass is 10.0. The van der Waals surface area contributed by atoms with Crippen LogP contribution in [0.3, 0.4) is 0 Å². The Kier molecular flexibility index (Phi) is 3.05. The van der Waals surface area contributed by atoms with Crippen LogP contribution in [0.5, 0.6) is 5.75 Å². The van der Waals surface area contributed by atoms with E-state index < -0.39 is 0 Å². The highest BCUT2D eigenvalue weighted by molar-refractivity contribution is 7.10. The van der Waals surface area contributed by atoms with Crippen LogP contribution in [0.15, 0.2) is 54.0 Å². The SMILES string of the molecule is COc1ccc(C2NCc3sccc3-n3cccc32)cc1. The van der Waals surface area contributed by atoms with Crippen LogP contribution < -0.4 is 10.1 Å². The summed E-state index contributed by atoms with van der Waals surface area (Å²) in [5, 5.41) is 5.83. The van der Waals surface area contributed by atoms with E-state index in [4.69, 9.17) is 4.74 Å². The van der Waals surface area contributed by atoms with E-state index in [1.807, 2.05) is 12.1 Å². The summed E-state index contributed by atoms with van der Waals surface area (Å²) >= 11 is 1.81. The van der Waals surface area contributed by atoms with E-state index in [2.05, 4.69) is 51.8 Å².